The van der Waals surface area contributed by atoms with E-state index in [-0.39, 0.29) is 5.91 Å². The molecule has 2 aromatic rings. The van der Waals surface area contributed by atoms with Crippen LogP contribution in [0.1, 0.15) is 23.6 Å². The van der Waals surface area contributed by atoms with E-state index >= 15 is 0 Å². The molecule has 0 bridgehead atoms. The molecule has 2 aliphatic rings. The predicted molar refractivity (Wildman–Crippen MR) is 99.1 cm³/mol. The lowest BCUT2D eigenvalue weighted by atomic mass is 10.0. The molecule has 0 aliphatic carbocycles. The minimum absolute atomic E-state index is 0.163. The Hall–Kier alpha value is -2.47. The summed E-state index contributed by atoms with van der Waals surface area (Å²) in [6.45, 7) is 4.21. The van der Waals surface area contributed by atoms with Gasteiger partial charge >= 0.3 is 0 Å². The smallest absolute Gasteiger partial charge is 0.242 e. The van der Waals surface area contributed by atoms with E-state index in [1.807, 2.05) is 29.2 Å². The van der Waals surface area contributed by atoms with Crippen molar-refractivity contribution in [3.63, 3.8) is 0 Å². The van der Waals surface area contributed by atoms with Crippen LogP contribution in [0, 0.1) is 0 Å². The zero-order valence-corrected chi connectivity index (χ0v) is 14.9. The number of piperazine rings is 1. The molecule has 0 spiro atoms. The summed E-state index contributed by atoms with van der Waals surface area (Å²) in [5.41, 5.74) is 2.29. The molecule has 1 amide bonds. The fourth-order valence-electron chi connectivity index (χ4n) is 3.57. The Morgan fingerprint density at radius 1 is 1.15 bits per heavy atom. The first-order chi connectivity index (χ1) is 12.8. The van der Waals surface area contributed by atoms with Crippen LogP contribution in [0.3, 0.4) is 0 Å². The first-order valence-corrected chi connectivity index (χ1v) is 9.26. The van der Waals surface area contributed by atoms with E-state index in [1.54, 1.807) is 6.33 Å². The van der Waals surface area contributed by atoms with Crippen LogP contribution in [0.4, 0.5) is 5.82 Å². The molecule has 0 saturated carbocycles. The molecule has 0 unspecified atom stereocenters. The van der Waals surface area contributed by atoms with Crippen molar-refractivity contribution in [3.05, 3.63) is 54.0 Å². The van der Waals surface area contributed by atoms with Crippen LogP contribution < -0.4 is 4.90 Å². The third kappa shape index (κ3) is 3.85. The lowest BCUT2D eigenvalue weighted by Gasteiger charge is -2.35. The number of anilines is 1. The van der Waals surface area contributed by atoms with Gasteiger partial charge in [0, 0.05) is 38.2 Å². The minimum atomic E-state index is 0.163. The van der Waals surface area contributed by atoms with Crippen molar-refractivity contribution in [3.8, 4) is 0 Å². The predicted octanol–water partition coefficient (Wildman–Crippen LogP) is 1.87. The quantitative estimate of drug-likeness (QED) is 0.822. The molecule has 6 heteroatoms. The molecule has 1 aromatic heterocycles. The average Bonchev–Trinajstić information content (AvgIpc) is 3.23. The standard InChI is InChI=1S/C20H24N4O2/c25-20-13-24(10-9-23(20)8-6-16-4-2-1-3-5-16)19-12-18(21-15-22-19)17-7-11-26-14-17/h1-5,12,15,17H,6-11,13-14H2/t17-/m0/s1. The Bertz CT molecular complexity index is 746. The van der Waals surface area contributed by atoms with Crippen molar-refractivity contribution in [1.29, 1.82) is 0 Å². The van der Waals surface area contributed by atoms with Gasteiger partial charge in [0.25, 0.3) is 0 Å². The largest absolute Gasteiger partial charge is 0.381 e. The van der Waals surface area contributed by atoms with Gasteiger partial charge in [-0.15, -0.1) is 0 Å². The van der Waals surface area contributed by atoms with E-state index in [0.717, 1.165) is 57.2 Å². The molecule has 136 valence electrons. The Morgan fingerprint density at radius 2 is 2.04 bits per heavy atom. The highest BCUT2D eigenvalue weighted by Crippen LogP contribution is 2.25. The van der Waals surface area contributed by atoms with Gasteiger partial charge in [-0.2, -0.15) is 0 Å². The van der Waals surface area contributed by atoms with Gasteiger partial charge in [0.2, 0.25) is 5.91 Å². The number of carbonyl (C=O) groups is 1. The maximum Gasteiger partial charge on any atom is 0.242 e. The van der Waals surface area contributed by atoms with Gasteiger partial charge in [-0.1, -0.05) is 30.3 Å². The van der Waals surface area contributed by atoms with E-state index in [1.165, 1.54) is 5.56 Å². The fourth-order valence-corrected chi connectivity index (χ4v) is 3.57. The Kier molecular flexibility index (Phi) is 5.11. The maximum atomic E-state index is 12.6. The Balaban J connectivity index is 1.36. The number of hydrogen-bond donors (Lipinski definition) is 0. The van der Waals surface area contributed by atoms with Crippen molar-refractivity contribution >= 4 is 11.7 Å². The molecular formula is C20H24N4O2. The summed E-state index contributed by atoms with van der Waals surface area (Å²) < 4.78 is 5.46. The first-order valence-electron chi connectivity index (χ1n) is 9.26. The summed E-state index contributed by atoms with van der Waals surface area (Å²) in [5, 5.41) is 0. The Morgan fingerprint density at radius 3 is 2.81 bits per heavy atom. The van der Waals surface area contributed by atoms with Crippen molar-refractivity contribution in [2.24, 2.45) is 0 Å². The van der Waals surface area contributed by atoms with Crippen LogP contribution in [-0.4, -0.2) is 60.2 Å². The first kappa shape index (κ1) is 17.0. The number of rotatable bonds is 5. The van der Waals surface area contributed by atoms with Gasteiger partial charge < -0.3 is 14.5 Å². The molecule has 3 heterocycles. The second kappa shape index (κ2) is 7.83. The fraction of sp³-hybridized carbons (Fsp3) is 0.450. The normalized spacial score (nSPS) is 20.6. The Labute approximate surface area is 153 Å². The van der Waals surface area contributed by atoms with Crippen LogP contribution in [0.2, 0.25) is 0 Å². The van der Waals surface area contributed by atoms with Gasteiger partial charge in [-0.05, 0) is 18.4 Å². The summed E-state index contributed by atoms with van der Waals surface area (Å²) in [6.07, 6.45) is 3.50. The highest BCUT2D eigenvalue weighted by molar-refractivity contribution is 5.82. The molecule has 6 nitrogen and oxygen atoms in total. The maximum absolute atomic E-state index is 12.6. The zero-order chi connectivity index (χ0) is 17.8. The monoisotopic (exact) mass is 352 g/mol. The molecular weight excluding hydrogens is 328 g/mol. The van der Waals surface area contributed by atoms with Gasteiger partial charge in [-0.3, -0.25) is 4.79 Å². The van der Waals surface area contributed by atoms with E-state index in [2.05, 4.69) is 27.0 Å². The molecule has 2 aliphatic heterocycles. The van der Waals surface area contributed by atoms with Crippen LogP contribution in [0.15, 0.2) is 42.7 Å². The number of aromatic nitrogens is 2. The number of nitrogens with zero attached hydrogens (tertiary/aromatic N) is 4. The van der Waals surface area contributed by atoms with E-state index in [4.69, 9.17) is 4.74 Å². The van der Waals surface area contributed by atoms with Gasteiger partial charge in [0.15, 0.2) is 0 Å². The van der Waals surface area contributed by atoms with E-state index < -0.39 is 0 Å². The van der Waals surface area contributed by atoms with Crippen LogP contribution in [0.5, 0.6) is 0 Å². The molecule has 2 saturated heterocycles. The minimum Gasteiger partial charge on any atom is -0.381 e. The average molecular weight is 352 g/mol. The molecule has 1 atom stereocenters. The topological polar surface area (TPSA) is 58.6 Å². The lowest BCUT2D eigenvalue weighted by Crippen LogP contribution is -2.51. The molecule has 4 rings (SSSR count). The van der Waals surface area contributed by atoms with E-state index in [9.17, 15) is 4.79 Å². The third-order valence-electron chi connectivity index (χ3n) is 5.18. The third-order valence-corrected chi connectivity index (χ3v) is 5.18. The molecule has 2 fully saturated rings. The van der Waals surface area contributed by atoms with Crippen LogP contribution in [-0.2, 0) is 16.0 Å². The number of carbonyl (C=O) groups excluding carboxylic acids is 1. The molecule has 26 heavy (non-hydrogen) atoms. The number of benzene rings is 1. The van der Waals surface area contributed by atoms with Crippen molar-refractivity contribution in [2.45, 2.75) is 18.8 Å². The van der Waals surface area contributed by atoms with Crippen molar-refractivity contribution < 1.29 is 9.53 Å². The number of amides is 1. The van der Waals surface area contributed by atoms with Gasteiger partial charge in [0.05, 0.1) is 18.8 Å². The number of hydrogen-bond acceptors (Lipinski definition) is 5. The van der Waals surface area contributed by atoms with E-state index in [0.29, 0.717) is 12.5 Å². The summed E-state index contributed by atoms with van der Waals surface area (Å²) in [6, 6.07) is 12.3. The highest BCUT2D eigenvalue weighted by atomic mass is 16.5. The number of ether oxygens (including phenoxy) is 1. The molecule has 1 aromatic carbocycles. The van der Waals surface area contributed by atoms with Crippen molar-refractivity contribution in [2.75, 3.05) is 44.3 Å². The van der Waals surface area contributed by atoms with Gasteiger partial charge in [0.1, 0.15) is 12.1 Å². The SMILES string of the molecule is O=C1CN(c2cc([C@H]3CCOC3)ncn2)CCN1CCc1ccccc1. The second-order valence-electron chi connectivity index (χ2n) is 6.90. The summed E-state index contributed by atoms with van der Waals surface area (Å²) in [7, 11) is 0. The van der Waals surface area contributed by atoms with Gasteiger partial charge in [-0.25, -0.2) is 9.97 Å². The lowest BCUT2D eigenvalue weighted by molar-refractivity contribution is -0.130. The summed E-state index contributed by atoms with van der Waals surface area (Å²) in [4.78, 5) is 25.4. The molecule has 0 radical (unpaired) electrons. The summed E-state index contributed by atoms with van der Waals surface area (Å²) >= 11 is 0. The van der Waals surface area contributed by atoms with Crippen LogP contribution >= 0.6 is 0 Å². The highest BCUT2D eigenvalue weighted by Gasteiger charge is 2.26. The zero-order valence-electron chi connectivity index (χ0n) is 14.9. The molecule has 0 N–H and O–H groups in total. The second-order valence-corrected chi connectivity index (χ2v) is 6.90. The van der Waals surface area contributed by atoms with Crippen LogP contribution in [0.25, 0.3) is 0 Å². The summed E-state index contributed by atoms with van der Waals surface area (Å²) in [5.74, 6) is 1.36. The van der Waals surface area contributed by atoms with Crippen molar-refractivity contribution in [1.82, 2.24) is 14.9 Å².